The van der Waals surface area contributed by atoms with Crippen molar-refractivity contribution in [3.63, 3.8) is 0 Å². The third-order valence-electron chi connectivity index (χ3n) is 3.11. The van der Waals surface area contributed by atoms with E-state index < -0.39 is 0 Å². The Kier molecular flexibility index (Phi) is 5.06. The highest BCUT2D eigenvalue weighted by Gasteiger charge is 2.09. The van der Waals surface area contributed by atoms with E-state index in [1.807, 2.05) is 29.8 Å². The number of aryl methyl sites for hydroxylation is 2. The Hall–Kier alpha value is -1.95. The van der Waals surface area contributed by atoms with Gasteiger partial charge in [-0.3, -0.25) is 0 Å². The van der Waals surface area contributed by atoms with Crippen LogP contribution in [0.4, 0.5) is 5.69 Å². The van der Waals surface area contributed by atoms with Gasteiger partial charge in [-0.05, 0) is 60.4 Å². The van der Waals surface area contributed by atoms with Crippen molar-refractivity contribution in [1.82, 2.24) is 20.2 Å². The lowest BCUT2D eigenvalue weighted by molar-refractivity contribution is 0.191. The average molecular weight is 275 g/mol. The summed E-state index contributed by atoms with van der Waals surface area (Å²) in [5, 5.41) is 11.9. The Labute approximate surface area is 118 Å². The largest absolute Gasteiger partial charge is 0.399 e. The molecule has 1 aromatic carbocycles. The van der Waals surface area contributed by atoms with E-state index in [0.717, 1.165) is 55.1 Å². The Morgan fingerprint density at radius 3 is 2.80 bits per heavy atom. The molecule has 0 fully saturated rings. The number of ether oxygens (including phenoxy) is 1. The van der Waals surface area contributed by atoms with Crippen LogP contribution in [0.1, 0.15) is 24.8 Å². The van der Waals surface area contributed by atoms with Crippen LogP contribution in [0.25, 0.3) is 11.4 Å². The Morgan fingerprint density at radius 2 is 2.05 bits per heavy atom. The minimum absolute atomic E-state index is 0.731. The summed E-state index contributed by atoms with van der Waals surface area (Å²) in [6.07, 6.45) is 3.19. The molecule has 0 saturated carbocycles. The smallest absolute Gasteiger partial charge is 0.182 e. The summed E-state index contributed by atoms with van der Waals surface area (Å²) in [6, 6.07) is 5.88. The average Bonchev–Trinajstić information content (AvgIpc) is 2.86. The fourth-order valence-electron chi connectivity index (χ4n) is 2.19. The van der Waals surface area contributed by atoms with Crippen molar-refractivity contribution in [1.29, 1.82) is 0 Å². The van der Waals surface area contributed by atoms with Crippen LogP contribution in [0.3, 0.4) is 0 Å². The SMILES string of the molecule is COCCCCCn1nnnc1-c1cc(C)cc(N)c1. The van der Waals surface area contributed by atoms with E-state index in [1.165, 1.54) is 0 Å². The predicted octanol–water partition coefficient (Wildman–Crippen LogP) is 2.05. The first-order chi connectivity index (χ1) is 9.70. The second kappa shape index (κ2) is 7.00. The summed E-state index contributed by atoms with van der Waals surface area (Å²) in [4.78, 5) is 0. The highest BCUT2D eigenvalue weighted by atomic mass is 16.5. The molecule has 20 heavy (non-hydrogen) atoms. The quantitative estimate of drug-likeness (QED) is 0.618. The van der Waals surface area contributed by atoms with E-state index in [2.05, 4.69) is 15.5 Å². The van der Waals surface area contributed by atoms with Gasteiger partial charge in [0, 0.05) is 31.5 Å². The molecular formula is C14H21N5O. The molecule has 2 rings (SSSR count). The van der Waals surface area contributed by atoms with Crippen LogP contribution in [0.15, 0.2) is 18.2 Å². The van der Waals surface area contributed by atoms with Gasteiger partial charge < -0.3 is 10.5 Å². The summed E-state index contributed by atoms with van der Waals surface area (Å²) in [7, 11) is 1.72. The maximum atomic E-state index is 5.88. The van der Waals surface area contributed by atoms with E-state index in [-0.39, 0.29) is 0 Å². The lowest BCUT2D eigenvalue weighted by atomic mass is 10.1. The molecule has 0 aliphatic carbocycles. The molecule has 0 unspecified atom stereocenters. The van der Waals surface area contributed by atoms with E-state index >= 15 is 0 Å². The first-order valence-electron chi connectivity index (χ1n) is 6.83. The van der Waals surface area contributed by atoms with E-state index in [0.29, 0.717) is 0 Å². The van der Waals surface area contributed by atoms with Crippen LogP contribution >= 0.6 is 0 Å². The van der Waals surface area contributed by atoms with Crippen molar-refractivity contribution in [3.8, 4) is 11.4 Å². The van der Waals surface area contributed by atoms with Crippen molar-refractivity contribution >= 4 is 5.69 Å². The maximum absolute atomic E-state index is 5.88. The van der Waals surface area contributed by atoms with Gasteiger partial charge in [0.2, 0.25) is 0 Å². The minimum Gasteiger partial charge on any atom is -0.399 e. The molecule has 0 spiro atoms. The van der Waals surface area contributed by atoms with E-state index in [4.69, 9.17) is 10.5 Å². The van der Waals surface area contributed by atoms with Crippen LogP contribution in [-0.4, -0.2) is 33.9 Å². The number of hydrogen-bond acceptors (Lipinski definition) is 5. The Balaban J connectivity index is 2.04. The summed E-state index contributed by atoms with van der Waals surface area (Å²) >= 11 is 0. The van der Waals surface area contributed by atoms with Crippen LogP contribution < -0.4 is 5.73 Å². The van der Waals surface area contributed by atoms with Gasteiger partial charge in [-0.1, -0.05) is 0 Å². The first-order valence-corrected chi connectivity index (χ1v) is 6.83. The van der Waals surface area contributed by atoms with Crippen LogP contribution in [0.5, 0.6) is 0 Å². The molecule has 0 aliphatic heterocycles. The van der Waals surface area contributed by atoms with Crippen molar-refractivity contribution in [2.45, 2.75) is 32.7 Å². The Bertz CT molecular complexity index is 532. The monoisotopic (exact) mass is 275 g/mol. The number of aromatic nitrogens is 4. The highest BCUT2D eigenvalue weighted by Crippen LogP contribution is 2.21. The molecule has 0 atom stereocenters. The number of nitrogens with two attached hydrogens (primary N) is 1. The molecular weight excluding hydrogens is 254 g/mol. The molecule has 108 valence electrons. The standard InChI is InChI=1S/C14H21N5O/c1-11-8-12(10-13(15)9-11)14-16-17-18-19(14)6-4-3-5-7-20-2/h8-10H,3-7,15H2,1-2H3. The van der Waals surface area contributed by atoms with Gasteiger partial charge in [-0.15, -0.1) is 5.10 Å². The Morgan fingerprint density at radius 1 is 1.20 bits per heavy atom. The zero-order valence-corrected chi connectivity index (χ0v) is 12.0. The minimum atomic E-state index is 0.731. The van der Waals surface area contributed by atoms with Gasteiger partial charge in [0.25, 0.3) is 0 Å². The second-order valence-corrected chi connectivity index (χ2v) is 4.91. The fraction of sp³-hybridized carbons (Fsp3) is 0.500. The predicted molar refractivity (Wildman–Crippen MR) is 78.1 cm³/mol. The molecule has 0 amide bonds. The van der Waals surface area contributed by atoms with Crippen LogP contribution in [0.2, 0.25) is 0 Å². The zero-order chi connectivity index (χ0) is 14.4. The van der Waals surface area contributed by atoms with Crippen molar-refractivity contribution < 1.29 is 4.74 Å². The molecule has 0 radical (unpaired) electrons. The number of rotatable bonds is 7. The molecule has 0 saturated heterocycles. The van der Waals surface area contributed by atoms with Gasteiger partial charge in [-0.25, -0.2) is 4.68 Å². The second-order valence-electron chi connectivity index (χ2n) is 4.91. The van der Waals surface area contributed by atoms with Crippen LogP contribution in [0, 0.1) is 6.92 Å². The molecule has 0 aliphatic rings. The number of anilines is 1. The number of unbranched alkanes of at least 4 members (excludes halogenated alkanes) is 2. The topological polar surface area (TPSA) is 78.8 Å². The summed E-state index contributed by atoms with van der Waals surface area (Å²) < 4.78 is 6.87. The van der Waals surface area contributed by atoms with Crippen molar-refractivity contribution in [3.05, 3.63) is 23.8 Å². The number of nitrogens with zero attached hydrogens (tertiary/aromatic N) is 4. The molecule has 2 aromatic rings. The first kappa shape index (κ1) is 14.5. The third kappa shape index (κ3) is 3.77. The molecule has 1 heterocycles. The lowest BCUT2D eigenvalue weighted by Gasteiger charge is -2.06. The van der Waals surface area contributed by atoms with Gasteiger partial charge in [-0.2, -0.15) is 0 Å². The lowest BCUT2D eigenvalue weighted by Crippen LogP contribution is -2.04. The maximum Gasteiger partial charge on any atom is 0.182 e. The number of hydrogen-bond donors (Lipinski definition) is 1. The normalized spacial score (nSPS) is 10.9. The number of nitrogen functional groups attached to an aromatic ring is 1. The van der Waals surface area contributed by atoms with Crippen molar-refractivity contribution in [2.75, 3.05) is 19.5 Å². The van der Waals surface area contributed by atoms with Gasteiger partial charge >= 0.3 is 0 Å². The summed E-state index contributed by atoms with van der Waals surface area (Å²) in [5.41, 5.74) is 8.68. The zero-order valence-electron chi connectivity index (χ0n) is 12.0. The molecule has 6 nitrogen and oxygen atoms in total. The van der Waals surface area contributed by atoms with E-state index in [9.17, 15) is 0 Å². The summed E-state index contributed by atoms with van der Waals surface area (Å²) in [6.45, 7) is 3.62. The van der Waals surface area contributed by atoms with Crippen molar-refractivity contribution in [2.24, 2.45) is 0 Å². The molecule has 1 aromatic heterocycles. The molecule has 6 heteroatoms. The molecule has 0 bridgehead atoms. The number of methoxy groups -OCH3 is 1. The van der Waals surface area contributed by atoms with Crippen LogP contribution in [-0.2, 0) is 11.3 Å². The molecule has 2 N–H and O–H groups in total. The van der Waals surface area contributed by atoms with Gasteiger partial charge in [0.15, 0.2) is 5.82 Å². The highest BCUT2D eigenvalue weighted by molar-refractivity contribution is 5.62. The van der Waals surface area contributed by atoms with E-state index in [1.54, 1.807) is 7.11 Å². The number of benzene rings is 1. The summed E-state index contributed by atoms with van der Waals surface area (Å²) in [5.74, 6) is 0.771. The van der Waals surface area contributed by atoms with Gasteiger partial charge in [0.05, 0.1) is 0 Å². The van der Waals surface area contributed by atoms with Gasteiger partial charge in [0.1, 0.15) is 0 Å². The fourth-order valence-corrected chi connectivity index (χ4v) is 2.19. The number of tetrazole rings is 1. The third-order valence-corrected chi connectivity index (χ3v) is 3.11.